The molecule has 41 heavy (non-hydrogen) atoms. The zero-order valence-corrected chi connectivity index (χ0v) is 24.2. The number of nitro benzene ring substituents is 1. The Morgan fingerprint density at radius 3 is 2.07 bits per heavy atom. The fourth-order valence-corrected chi connectivity index (χ4v) is 5.80. The zero-order valence-electron chi connectivity index (χ0n) is 21.2. The van der Waals surface area contributed by atoms with Crippen LogP contribution in [-0.2, 0) is 9.59 Å². The van der Waals surface area contributed by atoms with Gasteiger partial charge >= 0.3 is 5.97 Å². The van der Waals surface area contributed by atoms with Gasteiger partial charge in [-0.2, -0.15) is 0 Å². The van der Waals surface area contributed by atoms with Crippen molar-refractivity contribution >= 4 is 87.2 Å². The maximum absolute atomic E-state index is 13.2. The Morgan fingerprint density at radius 2 is 1.51 bits per heavy atom. The third-order valence-electron chi connectivity index (χ3n) is 6.89. The molecule has 0 bridgehead atoms. The van der Waals surface area contributed by atoms with Crippen molar-refractivity contribution in [1.29, 1.82) is 0 Å². The Balaban J connectivity index is 1.34. The molecule has 0 aliphatic carbocycles. The number of carbonyl (C=O) groups is 4. The quantitative estimate of drug-likeness (QED) is 0.0588. The van der Waals surface area contributed by atoms with E-state index in [4.69, 9.17) is 51.1 Å². The van der Waals surface area contributed by atoms with Crippen LogP contribution in [0.1, 0.15) is 38.3 Å². The molecular weight excluding hydrogens is 620 g/mol. The average molecular weight is 637 g/mol. The van der Waals surface area contributed by atoms with Crippen LogP contribution in [0.4, 0.5) is 17.1 Å². The predicted molar refractivity (Wildman–Crippen MR) is 153 cm³/mol. The first-order valence-corrected chi connectivity index (χ1v) is 13.5. The summed E-state index contributed by atoms with van der Waals surface area (Å²) in [5.74, 6) is -3.25. The van der Waals surface area contributed by atoms with Crippen LogP contribution < -0.4 is 14.5 Å². The van der Waals surface area contributed by atoms with Gasteiger partial charge in [-0.25, -0.2) is 4.90 Å². The van der Waals surface area contributed by atoms with Gasteiger partial charge < -0.3 is 9.64 Å². The van der Waals surface area contributed by atoms with Gasteiger partial charge in [0, 0.05) is 24.6 Å². The number of anilines is 2. The number of hydrogen-bond donors (Lipinski definition) is 0. The Labute approximate surface area is 252 Å². The standard InChI is InChI=1S/C27H17Cl4N3O7/c1-11-3-4-14(9-17(11)34(39)40)32-10-13(8-18(32)35)27(38)41-15-5-6-16(12(2)7-15)33-25(36)19-20(26(33)37)22(29)24(31)23(30)21(19)28/h3-7,9,13H,8,10H2,1-2H3/t13-/m0/s1. The first kappa shape index (κ1) is 28.8. The summed E-state index contributed by atoms with van der Waals surface area (Å²) in [6.45, 7) is 3.17. The highest BCUT2D eigenvalue weighted by molar-refractivity contribution is 6.56. The van der Waals surface area contributed by atoms with Crippen molar-refractivity contribution in [2.45, 2.75) is 20.3 Å². The highest BCUT2D eigenvalue weighted by Gasteiger charge is 2.43. The van der Waals surface area contributed by atoms with Gasteiger partial charge in [0.15, 0.2) is 0 Å². The minimum absolute atomic E-state index is 0.0172. The van der Waals surface area contributed by atoms with Gasteiger partial charge in [0.1, 0.15) is 5.75 Å². The van der Waals surface area contributed by atoms with Crippen LogP contribution in [0.2, 0.25) is 20.1 Å². The van der Waals surface area contributed by atoms with E-state index in [2.05, 4.69) is 0 Å². The number of nitro groups is 1. The normalized spacial score (nSPS) is 16.4. The summed E-state index contributed by atoms with van der Waals surface area (Å²) in [6, 6.07) is 8.68. The number of aryl methyl sites for hydroxylation is 2. The minimum atomic E-state index is -0.821. The van der Waals surface area contributed by atoms with E-state index in [9.17, 15) is 29.3 Å². The van der Waals surface area contributed by atoms with Crippen LogP contribution in [0.25, 0.3) is 0 Å². The van der Waals surface area contributed by atoms with Crippen molar-refractivity contribution in [3.63, 3.8) is 0 Å². The number of fused-ring (bicyclic) bond motifs is 1. The van der Waals surface area contributed by atoms with E-state index in [0.717, 1.165) is 4.90 Å². The van der Waals surface area contributed by atoms with E-state index in [0.29, 0.717) is 16.8 Å². The van der Waals surface area contributed by atoms with Crippen LogP contribution in [-0.4, -0.2) is 35.2 Å². The van der Waals surface area contributed by atoms with Crippen LogP contribution in [0.15, 0.2) is 36.4 Å². The first-order chi connectivity index (χ1) is 19.3. The van der Waals surface area contributed by atoms with E-state index in [1.807, 2.05) is 0 Å². The Morgan fingerprint density at radius 1 is 0.902 bits per heavy atom. The van der Waals surface area contributed by atoms with Crippen molar-refractivity contribution in [3.05, 3.63) is 88.9 Å². The summed E-state index contributed by atoms with van der Waals surface area (Å²) in [5.41, 5.74) is 0.891. The molecule has 0 N–H and O–H groups in total. The van der Waals surface area contributed by atoms with E-state index in [-0.39, 0.29) is 67.2 Å². The predicted octanol–water partition coefficient (Wildman–Crippen LogP) is 6.58. The number of ether oxygens (including phenoxy) is 1. The van der Waals surface area contributed by atoms with Crippen molar-refractivity contribution in [3.8, 4) is 5.75 Å². The number of esters is 1. The van der Waals surface area contributed by atoms with Gasteiger partial charge in [-0.1, -0.05) is 52.5 Å². The smallest absolute Gasteiger partial charge is 0.316 e. The van der Waals surface area contributed by atoms with E-state index < -0.39 is 28.6 Å². The van der Waals surface area contributed by atoms with Crippen LogP contribution >= 0.6 is 46.4 Å². The van der Waals surface area contributed by atoms with Crippen molar-refractivity contribution in [1.82, 2.24) is 0 Å². The Hall–Kier alpha value is -3.70. The second-order valence-corrected chi connectivity index (χ2v) is 11.0. The summed E-state index contributed by atoms with van der Waals surface area (Å²) >= 11 is 24.6. The number of halogens is 4. The number of hydrogen-bond acceptors (Lipinski definition) is 7. The van der Waals surface area contributed by atoms with E-state index in [1.54, 1.807) is 19.9 Å². The molecule has 1 saturated heterocycles. The van der Waals surface area contributed by atoms with Crippen LogP contribution in [0.3, 0.4) is 0 Å². The summed E-state index contributed by atoms with van der Waals surface area (Å²) in [5, 5.41) is 10.6. The maximum Gasteiger partial charge on any atom is 0.316 e. The number of amides is 3. The first-order valence-electron chi connectivity index (χ1n) is 11.9. The number of imide groups is 1. The minimum Gasteiger partial charge on any atom is -0.426 e. The average Bonchev–Trinajstić information content (AvgIpc) is 3.43. The molecule has 2 aliphatic heterocycles. The summed E-state index contributed by atoms with van der Waals surface area (Å²) < 4.78 is 5.50. The molecule has 1 atom stereocenters. The molecule has 0 radical (unpaired) electrons. The Bertz CT molecular complexity index is 1680. The molecule has 3 aromatic carbocycles. The zero-order chi connectivity index (χ0) is 29.9. The molecule has 0 saturated carbocycles. The number of benzene rings is 3. The Kier molecular flexibility index (Phi) is 7.46. The molecular formula is C27H17Cl4N3O7. The van der Waals surface area contributed by atoms with Gasteiger partial charge in [-0.3, -0.25) is 29.3 Å². The molecule has 2 heterocycles. The summed E-state index contributed by atoms with van der Waals surface area (Å²) in [4.78, 5) is 64.9. The fraction of sp³-hybridized carbons (Fsp3) is 0.185. The third-order valence-corrected chi connectivity index (χ3v) is 8.69. The number of nitrogens with zero attached hydrogens (tertiary/aromatic N) is 3. The van der Waals surface area contributed by atoms with Crippen LogP contribution in [0, 0.1) is 29.9 Å². The van der Waals surface area contributed by atoms with Crippen molar-refractivity contribution in [2.24, 2.45) is 5.92 Å². The highest BCUT2D eigenvalue weighted by Crippen LogP contribution is 2.46. The highest BCUT2D eigenvalue weighted by atomic mass is 35.5. The lowest BCUT2D eigenvalue weighted by Gasteiger charge is -2.18. The van der Waals surface area contributed by atoms with Gasteiger partial charge in [0.2, 0.25) is 5.91 Å². The maximum atomic E-state index is 13.2. The molecule has 0 spiro atoms. The molecule has 3 aromatic rings. The molecule has 3 amide bonds. The van der Waals surface area contributed by atoms with Gasteiger partial charge in [0.05, 0.1) is 53.4 Å². The van der Waals surface area contributed by atoms with Gasteiger partial charge in [-0.15, -0.1) is 0 Å². The number of carbonyl (C=O) groups excluding carboxylic acids is 4. The number of rotatable bonds is 5. The lowest BCUT2D eigenvalue weighted by Crippen LogP contribution is -2.30. The topological polar surface area (TPSA) is 127 Å². The second kappa shape index (κ2) is 10.6. The molecule has 5 rings (SSSR count). The van der Waals surface area contributed by atoms with Gasteiger partial charge in [0.25, 0.3) is 17.5 Å². The van der Waals surface area contributed by atoms with Crippen molar-refractivity contribution in [2.75, 3.05) is 16.3 Å². The summed E-state index contributed by atoms with van der Waals surface area (Å²) in [7, 11) is 0. The van der Waals surface area contributed by atoms with Crippen LogP contribution in [0.5, 0.6) is 5.75 Å². The second-order valence-electron chi connectivity index (χ2n) is 9.45. The molecule has 14 heteroatoms. The van der Waals surface area contributed by atoms with E-state index >= 15 is 0 Å². The third kappa shape index (κ3) is 4.80. The molecule has 0 unspecified atom stereocenters. The molecule has 10 nitrogen and oxygen atoms in total. The summed E-state index contributed by atoms with van der Waals surface area (Å²) in [6.07, 6.45) is -0.140. The largest absolute Gasteiger partial charge is 0.426 e. The lowest BCUT2D eigenvalue weighted by atomic mass is 10.1. The lowest BCUT2D eigenvalue weighted by molar-refractivity contribution is -0.385. The fourth-order valence-electron chi connectivity index (χ4n) is 4.79. The molecule has 210 valence electrons. The van der Waals surface area contributed by atoms with Crippen molar-refractivity contribution < 1.29 is 28.8 Å². The molecule has 2 aliphatic rings. The molecule has 0 aromatic heterocycles. The van der Waals surface area contributed by atoms with Gasteiger partial charge in [-0.05, 0) is 43.7 Å². The monoisotopic (exact) mass is 635 g/mol. The molecule has 1 fully saturated rings. The van der Waals surface area contributed by atoms with E-state index in [1.165, 1.54) is 35.2 Å². The SMILES string of the molecule is Cc1cc(OC(=O)[C@H]2CC(=O)N(c3ccc(C)c([N+](=O)[O-])c3)C2)ccc1N1C(=O)c2c(Cl)c(Cl)c(Cl)c(Cl)c2C1=O.